The van der Waals surface area contributed by atoms with Crippen LogP contribution in [-0.2, 0) is 0 Å². The summed E-state index contributed by atoms with van der Waals surface area (Å²) in [6.45, 7) is 5.45. The highest BCUT2D eigenvalue weighted by Crippen LogP contribution is 2.20. The first kappa shape index (κ1) is 13.3. The Morgan fingerprint density at radius 3 is 2.74 bits per heavy atom. The van der Waals surface area contributed by atoms with Gasteiger partial charge < -0.3 is 10.6 Å². The highest BCUT2D eigenvalue weighted by molar-refractivity contribution is 5.99. The molecule has 2 N–H and O–H groups in total. The van der Waals surface area contributed by atoms with E-state index in [1.165, 1.54) is 0 Å². The Kier molecular flexibility index (Phi) is 4.00. The van der Waals surface area contributed by atoms with Crippen LogP contribution in [-0.4, -0.2) is 28.9 Å². The summed E-state index contributed by atoms with van der Waals surface area (Å²) in [6.07, 6.45) is 0.933. The lowest BCUT2D eigenvalue weighted by molar-refractivity contribution is 0.0759. The largest absolute Gasteiger partial charge is 0.383 e. The van der Waals surface area contributed by atoms with Crippen molar-refractivity contribution in [3.05, 3.63) is 36.0 Å². The molecule has 2 rings (SSSR count). The molecule has 0 saturated heterocycles. The standard InChI is InChI=1S/C15H19N3O/c1-3-9-18(4-2)15(19)13-10-11-7-5-6-8-12(11)14(16)17-13/h5-8,10H,3-4,9H2,1-2H3,(H2,16,17). The van der Waals surface area contributed by atoms with Crippen LogP contribution in [0.3, 0.4) is 0 Å². The Balaban J connectivity index is 2.42. The van der Waals surface area contributed by atoms with Gasteiger partial charge in [0.05, 0.1) is 0 Å². The first-order chi connectivity index (χ1) is 9.17. The molecule has 0 unspecified atom stereocenters. The zero-order chi connectivity index (χ0) is 13.8. The van der Waals surface area contributed by atoms with Crippen molar-refractivity contribution in [1.82, 2.24) is 9.88 Å². The first-order valence-corrected chi connectivity index (χ1v) is 6.61. The molecule has 0 radical (unpaired) electrons. The van der Waals surface area contributed by atoms with Crippen LogP contribution in [0, 0.1) is 0 Å². The molecule has 0 aliphatic rings. The number of nitrogen functional groups attached to an aromatic ring is 1. The topological polar surface area (TPSA) is 59.2 Å². The van der Waals surface area contributed by atoms with E-state index in [2.05, 4.69) is 11.9 Å². The van der Waals surface area contributed by atoms with E-state index in [0.717, 1.165) is 23.7 Å². The summed E-state index contributed by atoms with van der Waals surface area (Å²) in [4.78, 5) is 18.4. The number of amides is 1. The molecule has 0 aliphatic carbocycles. The van der Waals surface area contributed by atoms with Gasteiger partial charge in [-0.3, -0.25) is 4.79 Å². The number of benzene rings is 1. The number of pyridine rings is 1. The van der Waals surface area contributed by atoms with Gasteiger partial charge in [0.1, 0.15) is 11.5 Å². The van der Waals surface area contributed by atoms with Crippen molar-refractivity contribution >= 4 is 22.5 Å². The molecule has 0 aliphatic heterocycles. The fourth-order valence-electron chi connectivity index (χ4n) is 2.17. The second-order valence-corrected chi connectivity index (χ2v) is 4.50. The Hall–Kier alpha value is -2.10. The molecule has 4 heteroatoms. The Morgan fingerprint density at radius 1 is 1.32 bits per heavy atom. The van der Waals surface area contributed by atoms with E-state index in [0.29, 0.717) is 18.1 Å². The van der Waals surface area contributed by atoms with Gasteiger partial charge in [0.15, 0.2) is 0 Å². The van der Waals surface area contributed by atoms with Gasteiger partial charge in [0, 0.05) is 18.5 Å². The van der Waals surface area contributed by atoms with Gasteiger partial charge in [0.25, 0.3) is 5.91 Å². The fourth-order valence-corrected chi connectivity index (χ4v) is 2.17. The molecule has 0 spiro atoms. The molecule has 0 atom stereocenters. The average Bonchev–Trinajstić information content (AvgIpc) is 2.44. The van der Waals surface area contributed by atoms with Crippen LogP contribution < -0.4 is 5.73 Å². The zero-order valence-corrected chi connectivity index (χ0v) is 11.4. The SMILES string of the molecule is CCCN(CC)C(=O)c1cc2ccccc2c(N)n1. The highest BCUT2D eigenvalue weighted by Gasteiger charge is 2.16. The minimum Gasteiger partial charge on any atom is -0.383 e. The zero-order valence-electron chi connectivity index (χ0n) is 11.4. The van der Waals surface area contributed by atoms with Crippen LogP contribution in [0.15, 0.2) is 30.3 Å². The fraction of sp³-hybridized carbons (Fsp3) is 0.333. The van der Waals surface area contributed by atoms with Crippen molar-refractivity contribution < 1.29 is 4.79 Å². The summed E-state index contributed by atoms with van der Waals surface area (Å²) < 4.78 is 0. The molecule has 19 heavy (non-hydrogen) atoms. The molecule has 100 valence electrons. The van der Waals surface area contributed by atoms with Crippen molar-refractivity contribution in [2.24, 2.45) is 0 Å². The van der Waals surface area contributed by atoms with Crippen LogP contribution in [0.1, 0.15) is 30.8 Å². The lowest BCUT2D eigenvalue weighted by Crippen LogP contribution is -2.32. The Morgan fingerprint density at radius 2 is 2.05 bits per heavy atom. The number of fused-ring (bicyclic) bond motifs is 1. The number of nitrogens with two attached hydrogens (primary N) is 1. The smallest absolute Gasteiger partial charge is 0.272 e. The second-order valence-electron chi connectivity index (χ2n) is 4.50. The highest BCUT2D eigenvalue weighted by atomic mass is 16.2. The first-order valence-electron chi connectivity index (χ1n) is 6.61. The molecule has 1 aromatic carbocycles. The lowest BCUT2D eigenvalue weighted by Gasteiger charge is -2.19. The van der Waals surface area contributed by atoms with Gasteiger partial charge in [-0.15, -0.1) is 0 Å². The van der Waals surface area contributed by atoms with Gasteiger partial charge in [-0.05, 0) is 24.8 Å². The third kappa shape index (κ3) is 2.67. The Bertz CT molecular complexity index is 595. The molecule has 0 fully saturated rings. The van der Waals surface area contributed by atoms with Crippen molar-refractivity contribution in [2.45, 2.75) is 20.3 Å². The number of carbonyl (C=O) groups is 1. The summed E-state index contributed by atoms with van der Waals surface area (Å²) >= 11 is 0. The van der Waals surface area contributed by atoms with Crippen molar-refractivity contribution in [3.63, 3.8) is 0 Å². The van der Waals surface area contributed by atoms with Crippen LogP contribution in [0.4, 0.5) is 5.82 Å². The second kappa shape index (κ2) is 5.69. The molecule has 1 amide bonds. The van der Waals surface area contributed by atoms with E-state index in [9.17, 15) is 4.79 Å². The van der Waals surface area contributed by atoms with E-state index in [1.54, 1.807) is 4.90 Å². The number of rotatable bonds is 4. The molecule has 1 heterocycles. The monoisotopic (exact) mass is 257 g/mol. The predicted molar refractivity (Wildman–Crippen MR) is 78.0 cm³/mol. The normalized spacial score (nSPS) is 10.6. The third-order valence-corrected chi connectivity index (χ3v) is 3.15. The molecule has 2 aromatic rings. The molecule has 0 bridgehead atoms. The van der Waals surface area contributed by atoms with Gasteiger partial charge in [-0.1, -0.05) is 31.2 Å². The summed E-state index contributed by atoms with van der Waals surface area (Å²) in [5.74, 6) is 0.357. The predicted octanol–water partition coefficient (Wildman–Crippen LogP) is 2.69. The van der Waals surface area contributed by atoms with E-state index < -0.39 is 0 Å². The number of aromatic nitrogens is 1. The third-order valence-electron chi connectivity index (χ3n) is 3.15. The summed E-state index contributed by atoms with van der Waals surface area (Å²) in [5.41, 5.74) is 6.35. The molecule has 1 aromatic heterocycles. The minimum absolute atomic E-state index is 0.0539. The molecular formula is C15H19N3O. The number of hydrogen-bond acceptors (Lipinski definition) is 3. The maximum atomic E-state index is 12.4. The van der Waals surface area contributed by atoms with Crippen LogP contribution in [0.25, 0.3) is 10.8 Å². The number of hydrogen-bond donors (Lipinski definition) is 1. The van der Waals surface area contributed by atoms with Crippen LogP contribution >= 0.6 is 0 Å². The minimum atomic E-state index is -0.0539. The molecule has 0 saturated carbocycles. The molecular weight excluding hydrogens is 238 g/mol. The number of carbonyl (C=O) groups excluding carboxylic acids is 1. The van der Waals surface area contributed by atoms with Crippen molar-refractivity contribution in [2.75, 3.05) is 18.8 Å². The molecule has 4 nitrogen and oxygen atoms in total. The maximum absolute atomic E-state index is 12.4. The van der Waals surface area contributed by atoms with E-state index >= 15 is 0 Å². The number of anilines is 1. The average molecular weight is 257 g/mol. The van der Waals surface area contributed by atoms with Gasteiger partial charge >= 0.3 is 0 Å². The Labute approximate surface area is 113 Å². The van der Waals surface area contributed by atoms with Crippen molar-refractivity contribution in [3.8, 4) is 0 Å². The van der Waals surface area contributed by atoms with E-state index in [1.807, 2.05) is 37.3 Å². The van der Waals surface area contributed by atoms with Crippen molar-refractivity contribution in [1.29, 1.82) is 0 Å². The van der Waals surface area contributed by atoms with E-state index in [4.69, 9.17) is 5.73 Å². The maximum Gasteiger partial charge on any atom is 0.272 e. The summed E-state index contributed by atoms with van der Waals surface area (Å²) in [6, 6.07) is 9.51. The van der Waals surface area contributed by atoms with E-state index in [-0.39, 0.29) is 5.91 Å². The van der Waals surface area contributed by atoms with Gasteiger partial charge in [0.2, 0.25) is 0 Å². The van der Waals surface area contributed by atoms with Gasteiger partial charge in [-0.25, -0.2) is 4.98 Å². The van der Waals surface area contributed by atoms with Gasteiger partial charge in [-0.2, -0.15) is 0 Å². The lowest BCUT2D eigenvalue weighted by atomic mass is 10.1. The summed E-state index contributed by atoms with van der Waals surface area (Å²) in [7, 11) is 0. The summed E-state index contributed by atoms with van der Waals surface area (Å²) in [5, 5.41) is 1.84. The number of nitrogens with zero attached hydrogens (tertiary/aromatic N) is 2. The van der Waals surface area contributed by atoms with Crippen LogP contribution in [0.5, 0.6) is 0 Å². The quantitative estimate of drug-likeness (QED) is 0.916. The van der Waals surface area contributed by atoms with Crippen LogP contribution in [0.2, 0.25) is 0 Å².